The fraction of sp³-hybridized carbons (Fsp3) is 0.133. The van der Waals surface area contributed by atoms with E-state index >= 15 is 0 Å². The zero-order chi connectivity index (χ0) is 14.7. The average Bonchev–Trinajstić information content (AvgIpc) is 3.11. The van der Waals surface area contributed by atoms with Crippen molar-refractivity contribution >= 4 is 22.9 Å². The Morgan fingerprint density at radius 1 is 1.24 bits per heavy atom. The first kappa shape index (κ1) is 14.3. The Bertz CT molecular complexity index is 707. The monoisotopic (exact) mass is 322 g/mol. The Labute approximate surface area is 130 Å². The maximum atomic E-state index is 13.8. The summed E-state index contributed by atoms with van der Waals surface area (Å²) in [5.74, 6) is 0.533. The van der Waals surface area contributed by atoms with E-state index in [9.17, 15) is 4.39 Å². The summed E-state index contributed by atoms with van der Waals surface area (Å²) in [5, 5.41) is 4.49. The molecule has 3 aromatic rings. The third-order valence-electron chi connectivity index (χ3n) is 2.92. The number of nitrogens with one attached hydrogen (secondary N) is 1. The van der Waals surface area contributed by atoms with E-state index in [4.69, 9.17) is 16.0 Å². The molecule has 0 saturated carbocycles. The summed E-state index contributed by atoms with van der Waals surface area (Å²) >= 11 is 7.48. The van der Waals surface area contributed by atoms with Crippen LogP contribution in [0.3, 0.4) is 0 Å². The van der Waals surface area contributed by atoms with E-state index in [-0.39, 0.29) is 5.82 Å². The molecule has 0 aliphatic rings. The van der Waals surface area contributed by atoms with Crippen molar-refractivity contribution in [1.29, 1.82) is 0 Å². The molecule has 108 valence electrons. The van der Waals surface area contributed by atoms with Crippen LogP contribution in [0.1, 0.15) is 10.8 Å². The minimum absolute atomic E-state index is 0.332. The molecule has 3 rings (SSSR count). The highest BCUT2D eigenvalue weighted by Gasteiger charge is 2.12. The molecular formula is C15H12ClFN2OS. The topological polar surface area (TPSA) is 38.1 Å². The second kappa shape index (κ2) is 6.39. The highest BCUT2D eigenvalue weighted by atomic mass is 35.5. The van der Waals surface area contributed by atoms with Gasteiger partial charge in [0, 0.05) is 18.3 Å². The summed E-state index contributed by atoms with van der Waals surface area (Å²) in [7, 11) is 0. The van der Waals surface area contributed by atoms with Crippen LogP contribution in [0.15, 0.2) is 47.2 Å². The molecule has 0 radical (unpaired) electrons. The van der Waals surface area contributed by atoms with Crippen LogP contribution in [-0.2, 0) is 13.1 Å². The largest absolute Gasteiger partial charge is 0.468 e. The van der Waals surface area contributed by atoms with Crippen molar-refractivity contribution in [1.82, 2.24) is 10.3 Å². The van der Waals surface area contributed by atoms with E-state index in [0.717, 1.165) is 15.6 Å². The van der Waals surface area contributed by atoms with E-state index in [2.05, 4.69) is 10.3 Å². The molecule has 0 aliphatic heterocycles. The molecule has 1 N–H and O–H groups in total. The minimum Gasteiger partial charge on any atom is -0.468 e. The quantitative estimate of drug-likeness (QED) is 0.752. The van der Waals surface area contributed by atoms with Crippen LogP contribution in [0.25, 0.3) is 10.4 Å². The molecule has 0 atom stereocenters. The Hall–Kier alpha value is -1.69. The van der Waals surface area contributed by atoms with Crippen molar-refractivity contribution in [2.24, 2.45) is 0 Å². The first-order chi connectivity index (χ1) is 10.2. The van der Waals surface area contributed by atoms with Gasteiger partial charge in [0.1, 0.15) is 16.6 Å². The molecule has 0 bridgehead atoms. The second-order valence-electron chi connectivity index (χ2n) is 4.40. The van der Waals surface area contributed by atoms with Gasteiger partial charge in [-0.1, -0.05) is 17.7 Å². The zero-order valence-corrected chi connectivity index (χ0v) is 12.5. The van der Waals surface area contributed by atoms with Crippen molar-refractivity contribution in [2.75, 3.05) is 0 Å². The molecule has 0 fully saturated rings. The number of rotatable bonds is 5. The molecular weight excluding hydrogens is 311 g/mol. The van der Waals surface area contributed by atoms with Gasteiger partial charge in [0.05, 0.1) is 22.7 Å². The van der Waals surface area contributed by atoms with Crippen molar-refractivity contribution < 1.29 is 8.81 Å². The standard InChI is InChI=1S/C15H12ClFN2OS/c16-11-4-1-5-12(17)15(11)13-8-19-14(21-13)9-18-7-10-3-2-6-20-10/h1-6,8,18H,7,9H2. The smallest absolute Gasteiger partial charge is 0.133 e. The van der Waals surface area contributed by atoms with Crippen LogP contribution >= 0.6 is 22.9 Å². The summed E-state index contributed by atoms with van der Waals surface area (Å²) in [6, 6.07) is 8.41. The number of furan rings is 1. The lowest BCUT2D eigenvalue weighted by molar-refractivity contribution is 0.483. The van der Waals surface area contributed by atoms with Gasteiger partial charge < -0.3 is 9.73 Å². The summed E-state index contributed by atoms with van der Waals surface area (Å²) in [6.45, 7) is 1.22. The first-order valence-electron chi connectivity index (χ1n) is 6.36. The van der Waals surface area contributed by atoms with E-state index in [1.54, 1.807) is 24.6 Å². The van der Waals surface area contributed by atoms with Crippen LogP contribution < -0.4 is 5.32 Å². The molecule has 0 amide bonds. The molecule has 0 saturated heterocycles. The van der Waals surface area contributed by atoms with E-state index in [0.29, 0.717) is 23.7 Å². The molecule has 1 aromatic carbocycles. The van der Waals surface area contributed by atoms with Crippen molar-refractivity contribution in [2.45, 2.75) is 13.1 Å². The number of halogens is 2. The fourth-order valence-corrected chi connectivity index (χ4v) is 3.22. The van der Waals surface area contributed by atoms with Gasteiger partial charge in [0.15, 0.2) is 0 Å². The lowest BCUT2D eigenvalue weighted by Crippen LogP contribution is -2.11. The van der Waals surface area contributed by atoms with Gasteiger partial charge in [-0.2, -0.15) is 0 Å². The predicted octanol–water partition coefficient (Wildman–Crippen LogP) is 4.49. The minimum atomic E-state index is -0.332. The normalized spacial score (nSPS) is 11.0. The molecule has 6 heteroatoms. The Balaban J connectivity index is 1.69. The summed E-state index contributed by atoms with van der Waals surface area (Å²) in [5.41, 5.74) is 0.411. The third-order valence-corrected chi connectivity index (χ3v) is 4.25. The van der Waals surface area contributed by atoms with E-state index in [1.165, 1.54) is 17.4 Å². The maximum absolute atomic E-state index is 13.8. The molecule has 2 heterocycles. The van der Waals surface area contributed by atoms with Crippen LogP contribution in [0, 0.1) is 5.82 Å². The highest BCUT2D eigenvalue weighted by molar-refractivity contribution is 7.15. The van der Waals surface area contributed by atoms with Crippen LogP contribution in [0.5, 0.6) is 0 Å². The Morgan fingerprint density at radius 2 is 2.14 bits per heavy atom. The number of hydrogen-bond donors (Lipinski definition) is 1. The first-order valence-corrected chi connectivity index (χ1v) is 7.55. The molecule has 0 unspecified atom stereocenters. The van der Waals surface area contributed by atoms with Gasteiger partial charge >= 0.3 is 0 Å². The number of hydrogen-bond acceptors (Lipinski definition) is 4. The summed E-state index contributed by atoms with van der Waals surface area (Å²) < 4.78 is 19.1. The number of aromatic nitrogens is 1. The van der Waals surface area contributed by atoms with Gasteiger partial charge in [-0.15, -0.1) is 11.3 Å². The van der Waals surface area contributed by atoms with Gasteiger partial charge in [-0.25, -0.2) is 9.37 Å². The predicted molar refractivity (Wildman–Crippen MR) is 81.8 cm³/mol. The SMILES string of the molecule is Fc1cccc(Cl)c1-c1cnc(CNCc2ccco2)s1. The summed E-state index contributed by atoms with van der Waals surface area (Å²) in [4.78, 5) is 5.02. The number of thiazole rings is 1. The van der Waals surface area contributed by atoms with Crippen LogP contribution in [0.2, 0.25) is 5.02 Å². The Morgan fingerprint density at radius 3 is 2.90 bits per heavy atom. The maximum Gasteiger partial charge on any atom is 0.133 e. The molecule has 0 spiro atoms. The van der Waals surface area contributed by atoms with E-state index in [1.807, 2.05) is 12.1 Å². The van der Waals surface area contributed by atoms with Gasteiger partial charge in [-0.05, 0) is 24.3 Å². The lowest BCUT2D eigenvalue weighted by Gasteiger charge is -2.02. The molecule has 0 aliphatic carbocycles. The van der Waals surface area contributed by atoms with Gasteiger partial charge in [0.25, 0.3) is 0 Å². The van der Waals surface area contributed by atoms with Gasteiger partial charge in [-0.3, -0.25) is 0 Å². The lowest BCUT2D eigenvalue weighted by atomic mass is 10.2. The summed E-state index contributed by atoms with van der Waals surface area (Å²) in [6.07, 6.45) is 3.29. The van der Waals surface area contributed by atoms with Crippen molar-refractivity contribution in [3.63, 3.8) is 0 Å². The van der Waals surface area contributed by atoms with Gasteiger partial charge in [0.2, 0.25) is 0 Å². The number of benzene rings is 1. The molecule has 2 aromatic heterocycles. The fourth-order valence-electron chi connectivity index (χ4n) is 1.95. The Kier molecular flexibility index (Phi) is 4.34. The molecule has 21 heavy (non-hydrogen) atoms. The zero-order valence-electron chi connectivity index (χ0n) is 11.0. The van der Waals surface area contributed by atoms with Crippen molar-refractivity contribution in [3.8, 4) is 10.4 Å². The molecule has 3 nitrogen and oxygen atoms in total. The number of nitrogens with zero attached hydrogens (tertiary/aromatic N) is 1. The second-order valence-corrected chi connectivity index (χ2v) is 5.92. The van der Waals surface area contributed by atoms with E-state index < -0.39 is 0 Å². The van der Waals surface area contributed by atoms with Crippen LogP contribution in [0.4, 0.5) is 4.39 Å². The third kappa shape index (κ3) is 3.32. The van der Waals surface area contributed by atoms with Crippen LogP contribution in [-0.4, -0.2) is 4.98 Å². The average molecular weight is 323 g/mol. The highest BCUT2D eigenvalue weighted by Crippen LogP contribution is 2.34. The van der Waals surface area contributed by atoms with Crippen molar-refractivity contribution in [3.05, 3.63) is 64.4 Å².